The number of carbonyl (C=O) groups excluding carboxylic acids is 2. The summed E-state index contributed by atoms with van der Waals surface area (Å²) in [5.41, 5.74) is 0. The van der Waals surface area contributed by atoms with E-state index < -0.39 is 0 Å². The molecular formula is C14H27N5O2. The number of nitrogens with one attached hydrogen (secondary N) is 2. The standard InChI is InChI=1S/C14H27N5O2/c1-11(2)17-12(20)9-15-14(19-7-5-6-8-19)16-10-13(21)18(3)4/h11H,5-10H2,1-4H3,(H,15,16)(H,17,20). The van der Waals surface area contributed by atoms with Gasteiger partial charge in [0.15, 0.2) is 5.96 Å². The number of hydrogen-bond acceptors (Lipinski definition) is 3. The number of guanidine groups is 1. The van der Waals surface area contributed by atoms with Gasteiger partial charge in [0.1, 0.15) is 6.54 Å². The molecule has 0 spiro atoms. The lowest BCUT2D eigenvalue weighted by atomic mass is 10.4. The predicted molar refractivity (Wildman–Crippen MR) is 83.1 cm³/mol. The van der Waals surface area contributed by atoms with E-state index in [0.717, 1.165) is 25.9 Å². The molecule has 1 heterocycles. The maximum absolute atomic E-state index is 11.7. The van der Waals surface area contributed by atoms with Gasteiger partial charge in [-0.2, -0.15) is 0 Å². The molecule has 0 unspecified atom stereocenters. The summed E-state index contributed by atoms with van der Waals surface area (Å²) in [7, 11) is 3.43. The molecule has 7 nitrogen and oxygen atoms in total. The molecule has 7 heteroatoms. The van der Waals surface area contributed by atoms with Crippen LogP contribution in [0.25, 0.3) is 0 Å². The summed E-state index contributed by atoms with van der Waals surface area (Å²) in [5.74, 6) is 0.512. The van der Waals surface area contributed by atoms with Crippen molar-refractivity contribution in [1.82, 2.24) is 20.4 Å². The summed E-state index contributed by atoms with van der Waals surface area (Å²) >= 11 is 0. The molecule has 0 bridgehead atoms. The Balaban J connectivity index is 2.59. The molecule has 2 N–H and O–H groups in total. The highest BCUT2D eigenvalue weighted by atomic mass is 16.2. The van der Waals surface area contributed by atoms with Crippen molar-refractivity contribution in [3.05, 3.63) is 0 Å². The van der Waals surface area contributed by atoms with Crippen molar-refractivity contribution in [1.29, 1.82) is 0 Å². The van der Waals surface area contributed by atoms with Crippen molar-refractivity contribution in [2.75, 3.05) is 40.3 Å². The van der Waals surface area contributed by atoms with Crippen LogP contribution in [0.5, 0.6) is 0 Å². The molecule has 1 aliphatic heterocycles. The normalized spacial score (nSPS) is 15.3. The minimum absolute atomic E-state index is 0.0199. The zero-order valence-electron chi connectivity index (χ0n) is 13.5. The fraction of sp³-hybridized carbons (Fsp3) is 0.786. The Morgan fingerprint density at radius 2 is 1.86 bits per heavy atom. The maximum Gasteiger partial charge on any atom is 0.242 e. The largest absolute Gasteiger partial charge is 0.352 e. The molecule has 1 aliphatic rings. The molecule has 1 rings (SSSR count). The van der Waals surface area contributed by atoms with Crippen molar-refractivity contribution >= 4 is 17.8 Å². The van der Waals surface area contributed by atoms with E-state index in [4.69, 9.17) is 0 Å². The molecule has 120 valence electrons. The Kier molecular flexibility index (Phi) is 6.98. The Labute approximate surface area is 126 Å². The summed E-state index contributed by atoms with van der Waals surface area (Å²) in [5, 5.41) is 5.86. The van der Waals surface area contributed by atoms with Crippen LogP contribution in [0, 0.1) is 0 Å². The van der Waals surface area contributed by atoms with Crippen LogP contribution in [0.4, 0.5) is 0 Å². The first-order valence-corrected chi connectivity index (χ1v) is 7.43. The van der Waals surface area contributed by atoms with E-state index in [-0.39, 0.29) is 30.9 Å². The Bertz CT molecular complexity index is 387. The SMILES string of the molecule is CC(C)NC(=O)CN=C(NCC(=O)N(C)C)N1CCCC1. The van der Waals surface area contributed by atoms with Crippen LogP contribution in [-0.4, -0.2) is 73.9 Å². The van der Waals surface area contributed by atoms with Crippen molar-refractivity contribution in [3.63, 3.8) is 0 Å². The Hall–Kier alpha value is -1.79. The number of likely N-dealkylation sites (N-methyl/N-ethyl adjacent to an activating group) is 1. The van der Waals surface area contributed by atoms with E-state index in [0.29, 0.717) is 5.96 Å². The van der Waals surface area contributed by atoms with Crippen molar-refractivity contribution in [2.24, 2.45) is 4.99 Å². The van der Waals surface area contributed by atoms with E-state index in [2.05, 4.69) is 20.5 Å². The fourth-order valence-corrected chi connectivity index (χ4v) is 2.02. The molecule has 0 aromatic heterocycles. The fourth-order valence-electron chi connectivity index (χ4n) is 2.02. The van der Waals surface area contributed by atoms with Crippen LogP contribution >= 0.6 is 0 Å². The minimum atomic E-state index is -0.109. The molecule has 0 saturated carbocycles. The number of likely N-dealkylation sites (tertiary alicyclic amines) is 1. The zero-order valence-corrected chi connectivity index (χ0v) is 13.5. The third-order valence-electron chi connectivity index (χ3n) is 3.12. The van der Waals surface area contributed by atoms with Crippen LogP contribution in [0.15, 0.2) is 4.99 Å². The van der Waals surface area contributed by atoms with Crippen LogP contribution in [0.3, 0.4) is 0 Å². The van der Waals surface area contributed by atoms with E-state index in [9.17, 15) is 9.59 Å². The van der Waals surface area contributed by atoms with Gasteiger partial charge in [-0.25, -0.2) is 4.99 Å². The monoisotopic (exact) mass is 297 g/mol. The number of amides is 2. The molecule has 0 radical (unpaired) electrons. The number of rotatable bonds is 5. The third kappa shape index (κ3) is 6.46. The summed E-state index contributed by atoms with van der Waals surface area (Å²) in [6.07, 6.45) is 2.22. The highest BCUT2D eigenvalue weighted by molar-refractivity contribution is 5.88. The van der Waals surface area contributed by atoms with Gasteiger partial charge in [0.2, 0.25) is 11.8 Å². The molecule has 0 aromatic carbocycles. The van der Waals surface area contributed by atoms with Gasteiger partial charge in [-0.3, -0.25) is 9.59 Å². The Morgan fingerprint density at radius 1 is 1.24 bits per heavy atom. The van der Waals surface area contributed by atoms with Gasteiger partial charge in [-0.15, -0.1) is 0 Å². The summed E-state index contributed by atoms with van der Waals surface area (Å²) in [4.78, 5) is 31.3. The minimum Gasteiger partial charge on any atom is -0.352 e. The van der Waals surface area contributed by atoms with Gasteiger partial charge in [0, 0.05) is 33.2 Å². The van der Waals surface area contributed by atoms with Crippen molar-refractivity contribution in [3.8, 4) is 0 Å². The predicted octanol–water partition coefficient (Wildman–Crippen LogP) is -0.359. The van der Waals surface area contributed by atoms with Crippen LogP contribution in [-0.2, 0) is 9.59 Å². The quantitative estimate of drug-likeness (QED) is 0.537. The second kappa shape index (κ2) is 8.49. The lowest BCUT2D eigenvalue weighted by molar-refractivity contribution is -0.127. The first-order chi connectivity index (χ1) is 9.90. The number of nitrogens with zero attached hydrogens (tertiary/aromatic N) is 3. The van der Waals surface area contributed by atoms with Crippen LogP contribution in [0.1, 0.15) is 26.7 Å². The first kappa shape index (κ1) is 17.3. The van der Waals surface area contributed by atoms with E-state index in [1.54, 1.807) is 14.1 Å². The number of aliphatic imine (C=N–C) groups is 1. The van der Waals surface area contributed by atoms with Crippen molar-refractivity contribution in [2.45, 2.75) is 32.7 Å². The highest BCUT2D eigenvalue weighted by Crippen LogP contribution is 2.07. The van der Waals surface area contributed by atoms with Gasteiger partial charge in [0.25, 0.3) is 0 Å². The van der Waals surface area contributed by atoms with Crippen molar-refractivity contribution < 1.29 is 9.59 Å². The summed E-state index contributed by atoms with van der Waals surface area (Å²) in [6, 6.07) is 0.103. The molecule has 21 heavy (non-hydrogen) atoms. The molecule has 0 aliphatic carbocycles. The van der Waals surface area contributed by atoms with E-state index in [1.807, 2.05) is 13.8 Å². The average molecular weight is 297 g/mol. The number of carbonyl (C=O) groups is 2. The number of hydrogen-bond donors (Lipinski definition) is 2. The molecule has 1 fully saturated rings. The van der Waals surface area contributed by atoms with E-state index >= 15 is 0 Å². The molecule has 1 saturated heterocycles. The topological polar surface area (TPSA) is 77.0 Å². The Morgan fingerprint density at radius 3 is 2.38 bits per heavy atom. The smallest absolute Gasteiger partial charge is 0.242 e. The van der Waals surface area contributed by atoms with Gasteiger partial charge in [-0.05, 0) is 26.7 Å². The summed E-state index contributed by atoms with van der Waals surface area (Å²) < 4.78 is 0. The van der Waals surface area contributed by atoms with Gasteiger partial charge >= 0.3 is 0 Å². The highest BCUT2D eigenvalue weighted by Gasteiger charge is 2.17. The second-order valence-corrected chi connectivity index (χ2v) is 5.70. The zero-order chi connectivity index (χ0) is 15.8. The molecule has 0 atom stereocenters. The molecule has 2 amide bonds. The molecule has 0 aromatic rings. The van der Waals surface area contributed by atoms with Gasteiger partial charge < -0.3 is 20.4 Å². The second-order valence-electron chi connectivity index (χ2n) is 5.70. The van der Waals surface area contributed by atoms with Crippen LogP contribution < -0.4 is 10.6 Å². The average Bonchev–Trinajstić information content (AvgIpc) is 2.91. The maximum atomic E-state index is 11.7. The van der Waals surface area contributed by atoms with Gasteiger partial charge in [0.05, 0.1) is 6.54 Å². The van der Waals surface area contributed by atoms with E-state index in [1.165, 1.54) is 4.90 Å². The molecular weight excluding hydrogens is 270 g/mol. The lowest BCUT2D eigenvalue weighted by Crippen LogP contribution is -2.45. The third-order valence-corrected chi connectivity index (χ3v) is 3.12. The summed E-state index contributed by atoms with van der Waals surface area (Å²) in [6.45, 7) is 5.91. The lowest BCUT2D eigenvalue weighted by Gasteiger charge is -2.22. The first-order valence-electron chi connectivity index (χ1n) is 7.43. The van der Waals surface area contributed by atoms with Crippen LogP contribution in [0.2, 0.25) is 0 Å². The van der Waals surface area contributed by atoms with Gasteiger partial charge in [-0.1, -0.05) is 0 Å².